The molecule has 4 nitrogen and oxygen atoms in total. The maximum Gasteiger partial charge on any atom is 0.0638 e. The van der Waals surface area contributed by atoms with Crippen LogP contribution in [0, 0.1) is 0 Å². The van der Waals surface area contributed by atoms with Crippen molar-refractivity contribution < 1.29 is 9.47 Å². The van der Waals surface area contributed by atoms with Crippen LogP contribution in [0.5, 0.6) is 0 Å². The lowest BCUT2D eigenvalue weighted by atomic mass is 9.95. The van der Waals surface area contributed by atoms with Crippen LogP contribution in [0.1, 0.15) is 40.0 Å². The Kier molecular flexibility index (Phi) is 6.57. The average molecular weight is 258 g/mol. The third kappa shape index (κ3) is 4.84. The van der Waals surface area contributed by atoms with Crippen molar-refractivity contribution in [1.29, 1.82) is 0 Å². The first kappa shape index (κ1) is 15.9. The van der Waals surface area contributed by atoms with Crippen LogP contribution in [0.2, 0.25) is 0 Å². The molecule has 0 aromatic rings. The lowest BCUT2D eigenvalue weighted by Crippen LogP contribution is -2.49. The maximum atomic E-state index is 5.93. The van der Waals surface area contributed by atoms with Crippen molar-refractivity contribution in [1.82, 2.24) is 4.90 Å². The van der Waals surface area contributed by atoms with Gasteiger partial charge in [0.2, 0.25) is 0 Å². The molecule has 18 heavy (non-hydrogen) atoms. The lowest BCUT2D eigenvalue weighted by Gasteiger charge is -2.39. The minimum atomic E-state index is -0.0964. The second kappa shape index (κ2) is 7.43. The summed E-state index contributed by atoms with van der Waals surface area (Å²) in [6, 6.07) is 0.419. The van der Waals surface area contributed by atoms with Crippen molar-refractivity contribution in [3.05, 3.63) is 0 Å². The van der Waals surface area contributed by atoms with Crippen LogP contribution < -0.4 is 5.73 Å². The molecule has 0 aromatic carbocycles. The van der Waals surface area contributed by atoms with E-state index in [2.05, 4.69) is 25.7 Å². The molecular weight excluding hydrogens is 228 g/mol. The second-order valence-corrected chi connectivity index (χ2v) is 5.75. The Balaban J connectivity index is 2.43. The Bertz CT molecular complexity index is 226. The van der Waals surface area contributed by atoms with E-state index in [1.54, 1.807) is 7.11 Å². The molecule has 1 fully saturated rings. The molecule has 1 aliphatic heterocycles. The summed E-state index contributed by atoms with van der Waals surface area (Å²) in [5.74, 6) is 0. The van der Waals surface area contributed by atoms with Crippen molar-refractivity contribution in [2.75, 3.05) is 33.4 Å². The quantitative estimate of drug-likeness (QED) is 0.754. The van der Waals surface area contributed by atoms with Gasteiger partial charge in [-0.15, -0.1) is 0 Å². The Labute approximate surface area is 112 Å². The Morgan fingerprint density at radius 2 is 1.94 bits per heavy atom. The summed E-state index contributed by atoms with van der Waals surface area (Å²) >= 11 is 0. The fourth-order valence-corrected chi connectivity index (χ4v) is 2.66. The zero-order valence-corrected chi connectivity index (χ0v) is 12.4. The molecule has 108 valence electrons. The first-order valence-electron chi connectivity index (χ1n) is 7.13. The fourth-order valence-electron chi connectivity index (χ4n) is 2.66. The molecule has 1 unspecified atom stereocenters. The Hall–Kier alpha value is -0.160. The van der Waals surface area contributed by atoms with Gasteiger partial charge in [0.25, 0.3) is 0 Å². The van der Waals surface area contributed by atoms with Gasteiger partial charge in [-0.2, -0.15) is 0 Å². The minimum Gasteiger partial charge on any atom is -0.379 e. The van der Waals surface area contributed by atoms with Crippen molar-refractivity contribution >= 4 is 0 Å². The SMILES string of the molecule is CCOC1CCN(C(CN)CC(C)(C)OC)CC1. The van der Waals surface area contributed by atoms with Gasteiger partial charge in [0.15, 0.2) is 0 Å². The van der Waals surface area contributed by atoms with Gasteiger partial charge in [0, 0.05) is 39.4 Å². The highest BCUT2D eigenvalue weighted by atomic mass is 16.5. The van der Waals surface area contributed by atoms with Crippen molar-refractivity contribution in [3.8, 4) is 0 Å². The van der Waals surface area contributed by atoms with Crippen LogP contribution in [-0.4, -0.2) is 56.0 Å². The van der Waals surface area contributed by atoms with E-state index in [9.17, 15) is 0 Å². The minimum absolute atomic E-state index is 0.0964. The van der Waals surface area contributed by atoms with Gasteiger partial charge in [-0.05, 0) is 40.0 Å². The van der Waals surface area contributed by atoms with E-state index < -0.39 is 0 Å². The molecule has 0 bridgehead atoms. The van der Waals surface area contributed by atoms with Gasteiger partial charge in [0.1, 0.15) is 0 Å². The Morgan fingerprint density at radius 3 is 2.39 bits per heavy atom. The number of nitrogens with two attached hydrogens (primary N) is 1. The fraction of sp³-hybridized carbons (Fsp3) is 1.00. The molecule has 4 heteroatoms. The van der Waals surface area contributed by atoms with Crippen LogP contribution in [-0.2, 0) is 9.47 Å². The molecule has 1 atom stereocenters. The number of nitrogens with zero attached hydrogens (tertiary/aromatic N) is 1. The highest BCUT2D eigenvalue weighted by molar-refractivity contribution is 4.84. The summed E-state index contributed by atoms with van der Waals surface area (Å²) in [5, 5.41) is 0. The van der Waals surface area contributed by atoms with Gasteiger partial charge in [-0.25, -0.2) is 0 Å². The van der Waals surface area contributed by atoms with E-state index >= 15 is 0 Å². The molecule has 0 amide bonds. The number of likely N-dealkylation sites (tertiary alicyclic amines) is 1. The summed E-state index contributed by atoms with van der Waals surface area (Å²) in [6.45, 7) is 10.0. The molecule has 1 heterocycles. The molecule has 0 radical (unpaired) electrons. The predicted octanol–water partition coefficient (Wildman–Crippen LogP) is 1.63. The predicted molar refractivity (Wildman–Crippen MR) is 74.8 cm³/mol. The van der Waals surface area contributed by atoms with Gasteiger partial charge in [-0.1, -0.05) is 0 Å². The third-order valence-electron chi connectivity index (χ3n) is 3.95. The largest absolute Gasteiger partial charge is 0.379 e. The monoisotopic (exact) mass is 258 g/mol. The van der Waals surface area contributed by atoms with Crippen LogP contribution in [0.15, 0.2) is 0 Å². The van der Waals surface area contributed by atoms with Gasteiger partial charge < -0.3 is 15.2 Å². The van der Waals surface area contributed by atoms with Crippen LogP contribution >= 0.6 is 0 Å². The zero-order chi connectivity index (χ0) is 13.6. The topological polar surface area (TPSA) is 47.7 Å². The van der Waals surface area contributed by atoms with E-state index in [0.717, 1.165) is 39.0 Å². The molecule has 0 aliphatic carbocycles. The lowest BCUT2D eigenvalue weighted by molar-refractivity contribution is -0.0280. The molecule has 0 spiro atoms. The summed E-state index contributed by atoms with van der Waals surface area (Å²) in [7, 11) is 1.77. The summed E-state index contributed by atoms with van der Waals surface area (Å²) in [5.41, 5.74) is 5.83. The molecule has 1 aliphatic rings. The molecule has 0 saturated carbocycles. The van der Waals surface area contributed by atoms with Crippen molar-refractivity contribution in [3.63, 3.8) is 0 Å². The normalized spacial score (nSPS) is 21.2. The van der Waals surface area contributed by atoms with Gasteiger partial charge in [-0.3, -0.25) is 4.90 Å². The number of piperidine rings is 1. The molecule has 1 rings (SSSR count). The van der Waals surface area contributed by atoms with E-state index in [1.807, 2.05) is 0 Å². The van der Waals surface area contributed by atoms with Gasteiger partial charge >= 0.3 is 0 Å². The summed E-state index contributed by atoms with van der Waals surface area (Å²) in [6.07, 6.45) is 3.68. The summed E-state index contributed by atoms with van der Waals surface area (Å²) < 4.78 is 11.2. The first-order chi connectivity index (χ1) is 8.52. The smallest absolute Gasteiger partial charge is 0.0638 e. The van der Waals surface area contributed by atoms with Gasteiger partial charge in [0.05, 0.1) is 11.7 Å². The highest BCUT2D eigenvalue weighted by Gasteiger charge is 2.29. The molecular formula is C14H30N2O2. The summed E-state index contributed by atoms with van der Waals surface area (Å²) in [4.78, 5) is 2.50. The number of rotatable bonds is 7. The first-order valence-corrected chi connectivity index (χ1v) is 7.13. The van der Waals surface area contributed by atoms with Crippen LogP contribution in [0.4, 0.5) is 0 Å². The van der Waals surface area contributed by atoms with Crippen molar-refractivity contribution in [2.24, 2.45) is 5.73 Å². The van der Waals surface area contributed by atoms with Crippen molar-refractivity contribution in [2.45, 2.75) is 57.8 Å². The number of methoxy groups -OCH3 is 1. The van der Waals surface area contributed by atoms with E-state index in [0.29, 0.717) is 18.7 Å². The van der Waals surface area contributed by atoms with E-state index in [-0.39, 0.29) is 5.60 Å². The second-order valence-electron chi connectivity index (χ2n) is 5.75. The molecule has 2 N–H and O–H groups in total. The third-order valence-corrected chi connectivity index (χ3v) is 3.95. The Morgan fingerprint density at radius 1 is 1.33 bits per heavy atom. The number of ether oxygens (including phenoxy) is 2. The average Bonchev–Trinajstić information content (AvgIpc) is 2.37. The van der Waals surface area contributed by atoms with E-state index in [1.165, 1.54) is 0 Å². The zero-order valence-electron chi connectivity index (χ0n) is 12.4. The maximum absolute atomic E-state index is 5.93. The molecule has 1 saturated heterocycles. The molecule has 0 aromatic heterocycles. The highest BCUT2D eigenvalue weighted by Crippen LogP contribution is 2.22. The van der Waals surface area contributed by atoms with Crippen LogP contribution in [0.25, 0.3) is 0 Å². The standard InChI is InChI=1S/C14H30N2O2/c1-5-18-13-6-8-16(9-7-13)12(11-15)10-14(2,3)17-4/h12-13H,5-11,15H2,1-4H3. The van der Waals surface area contributed by atoms with Crippen LogP contribution in [0.3, 0.4) is 0 Å². The number of hydrogen-bond donors (Lipinski definition) is 1. The number of hydrogen-bond acceptors (Lipinski definition) is 4. The van der Waals surface area contributed by atoms with E-state index in [4.69, 9.17) is 15.2 Å².